The molecule has 1 aromatic carbocycles. The van der Waals surface area contributed by atoms with Crippen molar-refractivity contribution in [1.29, 1.82) is 0 Å². The van der Waals surface area contributed by atoms with Crippen LogP contribution in [0, 0.1) is 15.5 Å². The molecule has 104 valence electrons. The third kappa shape index (κ3) is 4.08. The zero-order valence-corrected chi connectivity index (χ0v) is 12.2. The second-order valence-corrected chi connectivity index (χ2v) is 5.77. The summed E-state index contributed by atoms with van der Waals surface area (Å²) in [6.07, 6.45) is 0. The van der Waals surface area contributed by atoms with Crippen molar-refractivity contribution in [3.8, 4) is 5.75 Å². The number of carbonyl (C=O) groups is 1. The highest BCUT2D eigenvalue weighted by atomic mass is 35.5. The van der Waals surface area contributed by atoms with E-state index in [1.807, 2.05) is 0 Å². The molecule has 0 N–H and O–H groups in total. The Bertz CT molecular complexity index is 500. The van der Waals surface area contributed by atoms with Crippen LogP contribution in [0.1, 0.15) is 20.8 Å². The van der Waals surface area contributed by atoms with Crippen LogP contribution in [0.3, 0.4) is 0 Å². The molecule has 0 aromatic heterocycles. The molecular weight excluding hydrogens is 293 g/mol. The van der Waals surface area contributed by atoms with E-state index in [1.54, 1.807) is 20.8 Å². The van der Waals surface area contributed by atoms with Gasteiger partial charge in [0.2, 0.25) is 0 Å². The van der Waals surface area contributed by atoms with E-state index >= 15 is 0 Å². The Morgan fingerprint density at radius 2 is 1.79 bits per heavy atom. The molecule has 7 heteroatoms. The summed E-state index contributed by atoms with van der Waals surface area (Å²) >= 11 is 11.7. The fraction of sp³-hybridized carbons (Fsp3) is 0.417. The summed E-state index contributed by atoms with van der Waals surface area (Å²) in [4.78, 5) is 21.7. The van der Waals surface area contributed by atoms with Gasteiger partial charge in [0, 0.05) is 17.5 Å². The van der Waals surface area contributed by atoms with Crippen LogP contribution in [-0.4, -0.2) is 17.3 Å². The lowest BCUT2D eigenvalue weighted by molar-refractivity contribution is -0.384. The van der Waals surface area contributed by atoms with Crippen molar-refractivity contribution in [2.75, 3.05) is 6.61 Å². The van der Waals surface area contributed by atoms with Gasteiger partial charge in [-0.25, -0.2) is 0 Å². The molecule has 1 aromatic rings. The van der Waals surface area contributed by atoms with Crippen LogP contribution in [0.25, 0.3) is 0 Å². The zero-order chi connectivity index (χ0) is 14.8. The van der Waals surface area contributed by atoms with Crippen molar-refractivity contribution in [3.05, 3.63) is 32.3 Å². The predicted octanol–water partition coefficient (Wildman–Crippen LogP) is 3.90. The van der Waals surface area contributed by atoms with Crippen molar-refractivity contribution in [3.63, 3.8) is 0 Å². The molecule has 0 bridgehead atoms. The van der Waals surface area contributed by atoms with Crippen molar-refractivity contribution in [1.82, 2.24) is 0 Å². The largest absolute Gasteiger partial charge is 0.483 e. The van der Waals surface area contributed by atoms with Crippen LogP contribution in [0.4, 0.5) is 5.69 Å². The number of non-ortho nitro benzene ring substituents is 1. The normalized spacial score (nSPS) is 11.2. The van der Waals surface area contributed by atoms with Gasteiger partial charge in [0.25, 0.3) is 5.69 Å². The number of ketones is 1. The molecule has 0 atom stereocenters. The molecule has 0 saturated carbocycles. The molecule has 19 heavy (non-hydrogen) atoms. The van der Waals surface area contributed by atoms with Gasteiger partial charge in [-0.3, -0.25) is 14.9 Å². The highest BCUT2D eigenvalue weighted by Crippen LogP contribution is 2.36. The number of nitrogens with zero attached hydrogens (tertiary/aromatic N) is 1. The van der Waals surface area contributed by atoms with Gasteiger partial charge >= 0.3 is 0 Å². The average molecular weight is 306 g/mol. The van der Waals surface area contributed by atoms with Crippen molar-refractivity contribution < 1.29 is 14.5 Å². The summed E-state index contributed by atoms with van der Waals surface area (Å²) in [5, 5.41) is 10.6. The minimum atomic E-state index is -0.609. The molecule has 5 nitrogen and oxygen atoms in total. The Kier molecular flexibility index (Phi) is 4.76. The van der Waals surface area contributed by atoms with E-state index in [4.69, 9.17) is 27.9 Å². The zero-order valence-electron chi connectivity index (χ0n) is 10.7. The topological polar surface area (TPSA) is 69.4 Å². The van der Waals surface area contributed by atoms with Crippen molar-refractivity contribution >= 4 is 34.7 Å². The summed E-state index contributed by atoms with van der Waals surface area (Å²) in [5.41, 5.74) is -0.774. The Balaban J connectivity index is 2.92. The number of rotatable bonds is 4. The number of benzene rings is 1. The molecule has 0 spiro atoms. The standard InChI is InChI=1S/C12H13Cl2NO4/c1-12(2,3)10(16)6-19-11-8(13)4-7(15(17)18)5-9(11)14/h4-5H,6H2,1-3H3. The van der Waals surface area contributed by atoms with Gasteiger partial charge in [-0.1, -0.05) is 44.0 Å². The van der Waals surface area contributed by atoms with E-state index in [9.17, 15) is 14.9 Å². The van der Waals surface area contributed by atoms with E-state index in [-0.39, 0.29) is 33.9 Å². The van der Waals surface area contributed by atoms with E-state index in [2.05, 4.69) is 0 Å². The first-order valence-electron chi connectivity index (χ1n) is 5.42. The fourth-order valence-corrected chi connectivity index (χ4v) is 1.73. The maximum Gasteiger partial charge on any atom is 0.272 e. The lowest BCUT2D eigenvalue weighted by Gasteiger charge is -2.17. The number of nitro benzene ring substituents is 1. The second kappa shape index (κ2) is 5.75. The molecule has 0 aliphatic heterocycles. The number of ether oxygens (including phenoxy) is 1. The summed E-state index contributed by atoms with van der Waals surface area (Å²) in [6, 6.07) is 2.26. The summed E-state index contributed by atoms with van der Waals surface area (Å²) in [5.74, 6) is -0.0514. The van der Waals surface area contributed by atoms with E-state index in [0.29, 0.717) is 0 Å². The number of Topliss-reactive ketones (excluding diaryl/α,β-unsaturated/α-hetero) is 1. The number of halogens is 2. The molecule has 0 fully saturated rings. The van der Waals surface area contributed by atoms with Gasteiger partial charge in [-0.2, -0.15) is 0 Å². The molecule has 0 heterocycles. The highest BCUT2D eigenvalue weighted by Gasteiger charge is 2.23. The Morgan fingerprint density at radius 3 is 2.16 bits per heavy atom. The van der Waals surface area contributed by atoms with Crippen LogP contribution in [0.15, 0.2) is 12.1 Å². The molecule has 0 aliphatic rings. The quantitative estimate of drug-likeness (QED) is 0.625. The van der Waals surface area contributed by atoms with E-state index in [1.165, 1.54) is 0 Å². The first-order valence-corrected chi connectivity index (χ1v) is 6.18. The molecule has 1 rings (SSSR count). The van der Waals surface area contributed by atoms with Crippen LogP contribution in [0.2, 0.25) is 10.0 Å². The van der Waals surface area contributed by atoms with Gasteiger partial charge in [-0.05, 0) is 0 Å². The molecule has 0 saturated heterocycles. The summed E-state index contributed by atoms with van der Waals surface area (Å²) in [7, 11) is 0. The van der Waals surface area contributed by atoms with Gasteiger partial charge < -0.3 is 4.74 Å². The highest BCUT2D eigenvalue weighted by molar-refractivity contribution is 6.37. The maximum absolute atomic E-state index is 11.7. The lowest BCUT2D eigenvalue weighted by atomic mass is 9.91. The molecule has 0 aliphatic carbocycles. The Morgan fingerprint density at radius 1 is 1.32 bits per heavy atom. The van der Waals surface area contributed by atoms with Gasteiger partial charge in [0.05, 0.1) is 15.0 Å². The van der Waals surface area contributed by atoms with Gasteiger partial charge in [0.1, 0.15) is 6.61 Å². The van der Waals surface area contributed by atoms with Crippen LogP contribution in [0.5, 0.6) is 5.75 Å². The van der Waals surface area contributed by atoms with E-state index < -0.39 is 10.3 Å². The first kappa shape index (κ1) is 15.7. The van der Waals surface area contributed by atoms with Gasteiger partial charge in [0.15, 0.2) is 11.5 Å². The minimum Gasteiger partial charge on any atom is -0.483 e. The van der Waals surface area contributed by atoms with Crippen LogP contribution < -0.4 is 4.74 Å². The molecule has 0 unspecified atom stereocenters. The summed E-state index contributed by atoms with van der Waals surface area (Å²) < 4.78 is 5.25. The fourth-order valence-electron chi connectivity index (χ4n) is 1.14. The second-order valence-electron chi connectivity index (χ2n) is 4.96. The Labute approximate surface area is 120 Å². The smallest absolute Gasteiger partial charge is 0.272 e. The van der Waals surface area contributed by atoms with Gasteiger partial charge in [-0.15, -0.1) is 0 Å². The molecule has 0 amide bonds. The average Bonchev–Trinajstić information content (AvgIpc) is 2.25. The third-order valence-electron chi connectivity index (χ3n) is 2.38. The van der Waals surface area contributed by atoms with Crippen molar-refractivity contribution in [2.24, 2.45) is 5.41 Å². The number of nitro groups is 1. The third-order valence-corrected chi connectivity index (χ3v) is 2.94. The predicted molar refractivity (Wildman–Crippen MR) is 73.1 cm³/mol. The van der Waals surface area contributed by atoms with E-state index in [0.717, 1.165) is 12.1 Å². The Hall–Kier alpha value is -1.33. The number of hydrogen-bond donors (Lipinski definition) is 0. The molecular formula is C12H13Cl2NO4. The summed E-state index contributed by atoms with van der Waals surface area (Å²) in [6.45, 7) is 5.09. The first-order chi connectivity index (χ1) is 8.62. The van der Waals surface area contributed by atoms with Crippen molar-refractivity contribution in [2.45, 2.75) is 20.8 Å². The minimum absolute atomic E-state index is 0.000842. The maximum atomic E-state index is 11.7. The number of hydrogen-bond acceptors (Lipinski definition) is 4. The van der Waals surface area contributed by atoms with Crippen LogP contribution >= 0.6 is 23.2 Å². The SMILES string of the molecule is CC(C)(C)C(=O)COc1c(Cl)cc([N+](=O)[O-])cc1Cl. The lowest BCUT2D eigenvalue weighted by Crippen LogP contribution is -2.26. The number of carbonyl (C=O) groups excluding carboxylic acids is 1. The monoisotopic (exact) mass is 305 g/mol. The molecule has 0 radical (unpaired) electrons. The van der Waals surface area contributed by atoms with Crippen LogP contribution in [-0.2, 0) is 4.79 Å².